The Kier molecular flexibility index (Phi) is 5.48. The molecule has 4 nitrogen and oxygen atoms in total. The van der Waals surface area contributed by atoms with Gasteiger partial charge in [-0.3, -0.25) is 4.72 Å². The summed E-state index contributed by atoms with van der Waals surface area (Å²) in [5.41, 5.74) is 0.505. The third-order valence-corrected chi connectivity index (χ3v) is 6.59. The van der Waals surface area contributed by atoms with Crippen molar-refractivity contribution in [3.63, 3.8) is 0 Å². The molecule has 0 aliphatic rings. The summed E-state index contributed by atoms with van der Waals surface area (Å²) in [6.45, 7) is 2.47. The molecule has 2 rings (SSSR count). The molecule has 1 heterocycles. The maximum atomic E-state index is 12.5. The third kappa shape index (κ3) is 4.07. The molecule has 1 aromatic heterocycles. The van der Waals surface area contributed by atoms with Gasteiger partial charge in [-0.1, -0.05) is 15.9 Å². The summed E-state index contributed by atoms with van der Waals surface area (Å²) >= 11 is 8.17. The minimum atomic E-state index is -3.60. The molecular weight excluding hydrogens is 440 g/mol. The smallest absolute Gasteiger partial charge is 0.263 e. The second-order valence-corrected chi connectivity index (χ2v) is 9.15. The lowest BCUT2D eigenvalue weighted by atomic mass is 10.3. The Balaban J connectivity index is 2.36. The molecule has 0 fully saturated rings. The summed E-state index contributed by atoms with van der Waals surface area (Å²) in [5.74, 6) is 0. The monoisotopic (exact) mass is 452 g/mol. The van der Waals surface area contributed by atoms with E-state index in [1.165, 1.54) is 11.3 Å². The van der Waals surface area contributed by atoms with Gasteiger partial charge in [-0.05, 0) is 54.2 Å². The Labute approximate surface area is 145 Å². The molecule has 2 aromatic rings. The molecule has 21 heavy (non-hydrogen) atoms. The molecule has 0 aliphatic heterocycles. The summed E-state index contributed by atoms with van der Waals surface area (Å²) in [7, 11) is -1.77. The zero-order chi connectivity index (χ0) is 15.6. The minimum absolute atomic E-state index is 0.324. The molecule has 0 unspecified atom stereocenters. The number of benzene rings is 1. The van der Waals surface area contributed by atoms with Crippen LogP contribution in [0.3, 0.4) is 0 Å². The number of nitrogens with one attached hydrogen (secondary N) is 2. The summed E-state index contributed by atoms with van der Waals surface area (Å²) in [6.07, 6.45) is 0. The van der Waals surface area contributed by atoms with Crippen molar-refractivity contribution in [3.05, 3.63) is 43.0 Å². The molecule has 8 heteroatoms. The Bertz CT molecular complexity index is 758. The third-order valence-electron chi connectivity index (χ3n) is 2.74. The number of anilines is 1. The van der Waals surface area contributed by atoms with Crippen molar-refractivity contribution in [2.75, 3.05) is 11.8 Å². The summed E-state index contributed by atoms with van der Waals surface area (Å²) in [4.78, 5) is 2.09. The van der Waals surface area contributed by atoms with Gasteiger partial charge in [0, 0.05) is 25.2 Å². The maximum absolute atomic E-state index is 12.5. The molecule has 114 valence electrons. The molecule has 0 saturated carbocycles. The zero-order valence-electron chi connectivity index (χ0n) is 11.4. The molecule has 0 amide bonds. The fourth-order valence-electron chi connectivity index (χ4n) is 1.83. The van der Waals surface area contributed by atoms with Gasteiger partial charge in [0.1, 0.15) is 4.90 Å². The summed E-state index contributed by atoms with van der Waals surface area (Å²) < 4.78 is 29.2. The van der Waals surface area contributed by atoms with Crippen LogP contribution in [-0.2, 0) is 16.6 Å². The van der Waals surface area contributed by atoms with Gasteiger partial charge in [-0.2, -0.15) is 0 Å². The average Bonchev–Trinajstić information content (AvgIpc) is 2.76. The van der Waals surface area contributed by atoms with Crippen LogP contribution in [0.25, 0.3) is 0 Å². The Morgan fingerprint density at radius 3 is 2.62 bits per heavy atom. The minimum Gasteiger partial charge on any atom is -0.315 e. The molecule has 0 atom stereocenters. The van der Waals surface area contributed by atoms with Gasteiger partial charge in [-0.25, -0.2) is 8.42 Å². The maximum Gasteiger partial charge on any atom is 0.263 e. The fraction of sp³-hybridized carbons (Fsp3) is 0.231. The van der Waals surface area contributed by atoms with Crippen molar-refractivity contribution in [1.82, 2.24) is 5.32 Å². The Morgan fingerprint density at radius 2 is 1.95 bits per heavy atom. The Hall–Kier alpha value is -0.410. The van der Waals surface area contributed by atoms with E-state index in [9.17, 15) is 8.42 Å². The van der Waals surface area contributed by atoms with Crippen LogP contribution in [0.5, 0.6) is 0 Å². The standard InChI is InChI=1S/C13H14Br2N2O2S2/c1-8-13(6-10(20-8)7-16-2)21(18,19)17-12-5-9(14)3-4-11(12)15/h3-6,16-17H,7H2,1-2H3. The summed E-state index contributed by atoms with van der Waals surface area (Å²) in [6, 6.07) is 7.06. The van der Waals surface area contributed by atoms with Crippen molar-refractivity contribution < 1.29 is 8.42 Å². The molecule has 1 aromatic carbocycles. The topological polar surface area (TPSA) is 58.2 Å². The molecule has 0 bridgehead atoms. The first-order chi connectivity index (χ1) is 9.83. The fourth-order valence-corrected chi connectivity index (χ4v) is 5.38. The highest BCUT2D eigenvalue weighted by Crippen LogP contribution is 2.31. The van der Waals surface area contributed by atoms with Crippen LogP contribution in [0, 0.1) is 6.92 Å². The van der Waals surface area contributed by atoms with Crippen LogP contribution in [0.2, 0.25) is 0 Å². The van der Waals surface area contributed by atoms with Gasteiger partial charge < -0.3 is 5.32 Å². The molecule has 0 spiro atoms. The van der Waals surface area contributed by atoms with Crippen molar-refractivity contribution in [3.8, 4) is 0 Å². The molecular formula is C13H14Br2N2O2S2. The first kappa shape index (κ1) is 17.0. The van der Waals surface area contributed by atoms with Crippen LogP contribution in [0.4, 0.5) is 5.69 Å². The van der Waals surface area contributed by atoms with E-state index in [4.69, 9.17) is 0 Å². The van der Waals surface area contributed by atoms with Crippen LogP contribution in [0.15, 0.2) is 38.1 Å². The van der Waals surface area contributed by atoms with Crippen LogP contribution in [-0.4, -0.2) is 15.5 Å². The van der Waals surface area contributed by atoms with E-state index < -0.39 is 10.0 Å². The van der Waals surface area contributed by atoms with E-state index >= 15 is 0 Å². The van der Waals surface area contributed by atoms with Crippen LogP contribution >= 0.6 is 43.2 Å². The first-order valence-corrected chi connectivity index (χ1v) is 9.94. The zero-order valence-corrected chi connectivity index (χ0v) is 16.2. The normalized spacial score (nSPS) is 11.6. The molecule has 0 saturated heterocycles. The number of aryl methyl sites for hydroxylation is 1. The Morgan fingerprint density at radius 1 is 1.24 bits per heavy atom. The van der Waals surface area contributed by atoms with E-state index in [1.54, 1.807) is 18.2 Å². The first-order valence-electron chi connectivity index (χ1n) is 6.05. The van der Waals surface area contributed by atoms with Gasteiger partial charge >= 0.3 is 0 Å². The quantitative estimate of drug-likeness (QED) is 0.716. The number of hydrogen-bond acceptors (Lipinski definition) is 4. The second kappa shape index (κ2) is 6.78. The van der Waals surface area contributed by atoms with Crippen LogP contribution in [0.1, 0.15) is 9.75 Å². The van der Waals surface area contributed by atoms with Gasteiger partial charge in [-0.15, -0.1) is 11.3 Å². The highest BCUT2D eigenvalue weighted by atomic mass is 79.9. The van der Waals surface area contributed by atoms with Gasteiger partial charge in [0.25, 0.3) is 10.0 Å². The van der Waals surface area contributed by atoms with Crippen molar-refractivity contribution >= 4 is 58.9 Å². The van der Waals surface area contributed by atoms with E-state index in [-0.39, 0.29) is 0 Å². The largest absolute Gasteiger partial charge is 0.315 e. The van der Waals surface area contributed by atoms with E-state index in [2.05, 4.69) is 41.9 Å². The second-order valence-electron chi connectivity index (χ2n) is 4.39. The number of halogens is 2. The number of rotatable bonds is 5. The van der Waals surface area contributed by atoms with Gasteiger partial charge in [0.15, 0.2) is 0 Å². The highest BCUT2D eigenvalue weighted by molar-refractivity contribution is 9.11. The average molecular weight is 454 g/mol. The lowest BCUT2D eigenvalue weighted by Crippen LogP contribution is -2.13. The van der Waals surface area contributed by atoms with Gasteiger partial charge in [0.2, 0.25) is 0 Å². The van der Waals surface area contributed by atoms with Gasteiger partial charge in [0.05, 0.1) is 5.69 Å². The van der Waals surface area contributed by atoms with E-state index in [0.29, 0.717) is 21.6 Å². The SMILES string of the molecule is CNCc1cc(S(=O)(=O)Nc2cc(Br)ccc2Br)c(C)s1. The number of hydrogen-bond donors (Lipinski definition) is 2. The molecule has 0 radical (unpaired) electrons. The van der Waals surface area contributed by atoms with E-state index in [1.807, 2.05) is 20.0 Å². The van der Waals surface area contributed by atoms with Crippen molar-refractivity contribution in [1.29, 1.82) is 0 Å². The highest BCUT2D eigenvalue weighted by Gasteiger charge is 2.21. The molecule has 2 N–H and O–H groups in total. The lowest BCUT2D eigenvalue weighted by Gasteiger charge is -2.09. The van der Waals surface area contributed by atoms with Crippen molar-refractivity contribution in [2.45, 2.75) is 18.4 Å². The van der Waals surface area contributed by atoms with E-state index in [0.717, 1.165) is 14.2 Å². The van der Waals surface area contributed by atoms with Crippen LogP contribution < -0.4 is 10.0 Å². The number of sulfonamides is 1. The predicted molar refractivity (Wildman–Crippen MR) is 94.5 cm³/mol. The molecule has 0 aliphatic carbocycles. The predicted octanol–water partition coefficient (Wildman–Crippen LogP) is 4.10. The lowest BCUT2D eigenvalue weighted by molar-refractivity contribution is 0.601. The summed E-state index contributed by atoms with van der Waals surface area (Å²) in [5, 5.41) is 3.02. The van der Waals surface area contributed by atoms with Crippen molar-refractivity contribution in [2.24, 2.45) is 0 Å². The number of thiophene rings is 1.